The van der Waals surface area contributed by atoms with Crippen molar-refractivity contribution >= 4 is 12.4 Å². The number of hydrogen-bond donors (Lipinski definition) is 3. The van der Waals surface area contributed by atoms with Crippen molar-refractivity contribution in [2.75, 3.05) is 0 Å². The topological polar surface area (TPSA) is 75.7 Å². The fraction of sp³-hybridized carbons (Fsp3) is 0.143. The summed E-state index contributed by atoms with van der Waals surface area (Å²) in [6, 6.07) is 8.05. The molecule has 8 heteroatoms. The van der Waals surface area contributed by atoms with Gasteiger partial charge in [-0.3, -0.25) is 0 Å². The van der Waals surface area contributed by atoms with Crippen LogP contribution < -0.4 is 10.5 Å². The van der Waals surface area contributed by atoms with Crippen molar-refractivity contribution in [3.63, 3.8) is 0 Å². The molecule has 0 aliphatic carbocycles. The van der Waals surface area contributed by atoms with Gasteiger partial charge in [-0.15, -0.1) is 25.6 Å². The molecule has 0 radical (unpaired) electrons. The summed E-state index contributed by atoms with van der Waals surface area (Å²) in [5.41, 5.74) is 6.66. The summed E-state index contributed by atoms with van der Waals surface area (Å²) >= 11 is 0. The second kappa shape index (κ2) is 6.76. The van der Waals surface area contributed by atoms with Gasteiger partial charge < -0.3 is 20.7 Å². The van der Waals surface area contributed by atoms with E-state index < -0.39 is 12.4 Å². The van der Waals surface area contributed by atoms with E-state index in [1.54, 1.807) is 0 Å². The van der Waals surface area contributed by atoms with Gasteiger partial charge in [0.25, 0.3) is 0 Å². The van der Waals surface area contributed by atoms with E-state index >= 15 is 0 Å². The fourth-order valence-electron chi connectivity index (χ4n) is 1.85. The zero-order valence-electron chi connectivity index (χ0n) is 11.0. The summed E-state index contributed by atoms with van der Waals surface area (Å²) in [6.07, 6.45) is -4.76. The second-order valence-corrected chi connectivity index (χ2v) is 4.34. The maximum absolute atomic E-state index is 12.1. The molecule has 0 saturated carbocycles. The number of ether oxygens (including phenoxy) is 1. The molecule has 0 bridgehead atoms. The Bertz CT molecular complexity index is 632. The summed E-state index contributed by atoms with van der Waals surface area (Å²) in [5, 5.41) is 19.1. The first-order valence-corrected chi connectivity index (χ1v) is 5.89. The van der Waals surface area contributed by atoms with Gasteiger partial charge in [-0.1, -0.05) is 12.1 Å². The number of phenolic OH excluding ortho intramolecular Hbond substituents is 2. The molecule has 0 spiro atoms. The third kappa shape index (κ3) is 4.44. The largest absolute Gasteiger partial charge is 0.573 e. The minimum absolute atomic E-state index is 0. The van der Waals surface area contributed by atoms with E-state index in [9.17, 15) is 23.4 Å². The highest BCUT2D eigenvalue weighted by atomic mass is 35.5. The Labute approximate surface area is 130 Å². The first-order valence-electron chi connectivity index (χ1n) is 5.89. The van der Waals surface area contributed by atoms with Gasteiger partial charge in [0, 0.05) is 5.56 Å². The summed E-state index contributed by atoms with van der Waals surface area (Å²) in [4.78, 5) is 0. The molecular weight excluding hydrogens is 323 g/mol. The average Bonchev–Trinajstić information content (AvgIpc) is 2.40. The number of halogens is 4. The molecule has 4 N–H and O–H groups in total. The predicted octanol–water partition coefficient (Wildman–Crippen LogP) is 3.47. The lowest BCUT2D eigenvalue weighted by molar-refractivity contribution is -0.274. The van der Waals surface area contributed by atoms with Gasteiger partial charge in [-0.05, 0) is 35.9 Å². The standard InChI is InChI=1S/C14H12F3NO3.ClH/c15-14(16,17)21-10-4-1-8(2-5-10)13(18)11-7-9(19)3-6-12(11)20;/h1-7,13,19-20H,18H2;1H/t13-;/m1./s1. The van der Waals surface area contributed by atoms with E-state index in [0.717, 1.165) is 12.1 Å². The number of rotatable bonds is 3. The Morgan fingerprint density at radius 3 is 2.14 bits per heavy atom. The van der Waals surface area contributed by atoms with Crippen LogP contribution in [0, 0.1) is 0 Å². The molecule has 22 heavy (non-hydrogen) atoms. The predicted molar refractivity (Wildman–Crippen MR) is 76.2 cm³/mol. The van der Waals surface area contributed by atoms with Crippen LogP contribution in [0.1, 0.15) is 17.2 Å². The van der Waals surface area contributed by atoms with Gasteiger partial charge in [-0.2, -0.15) is 0 Å². The third-order valence-electron chi connectivity index (χ3n) is 2.82. The lowest BCUT2D eigenvalue weighted by Gasteiger charge is -2.15. The summed E-state index contributed by atoms with van der Waals surface area (Å²) in [7, 11) is 0. The van der Waals surface area contributed by atoms with Crippen molar-refractivity contribution in [1.82, 2.24) is 0 Å². The molecule has 2 rings (SSSR count). The Morgan fingerprint density at radius 1 is 1.00 bits per heavy atom. The zero-order valence-corrected chi connectivity index (χ0v) is 11.9. The molecule has 0 saturated heterocycles. The first kappa shape index (κ1) is 17.9. The molecule has 0 aliphatic heterocycles. The minimum atomic E-state index is -4.76. The monoisotopic (exact) mass is 335 g/mol. The highest BCUT2D eigenvalue weighted by molar-refractivity contribution is 5.85. The molecule has 0 aromatic heterocycles. The SMILES string of the molecule is Cl.N[C@H](c1ccc(OC(F)(F)F)cc1)c1cc(O)ccc1O. The smallest absolute Gasteiger partial charge is 0.508 e. The Morgan fingerprint density at radius 2 is 1.59 bits per heavy atom. The van der Waals surface area contributed by atoms with Crippen LogP contribution >= 0.6 is 12.4 Å². The zero-order chi connectivity index (χ0) is 15.6. The second-order valence-electron chi connectivity index (χ2n) is 4.34. The average molecular weight is 336 g/mol. The third-order valence-corrected chi connectivity index (χ3v) is 2.82. The molecule has 1 atom stereocenters. The van der Waals surface area contributed by atoms with Crippen molar-refractivity contribution in [3.05, 3.63) is 53.6 Å². The van der Waals surface area contributed by atoms with E-state index in [2.05, 4.69) is 4.74 Å². The maximum atomic E-state index is 12.1. The van der Waals surface area contributed by atoms with Crippen LogP contribution in [-0.4, -0.2) is 16.6 Å². The molecular formula is C14H13ClF3NO3. The van der Waals surface area contributed by atoms with Crippen molar-refractivity contribution in [1.29, 1.82) is 0 Å². The van der Waals surface area contributed by atoms with Crippen LogP contribution in [0.3, 0.4) is 0 Å². The van der Waals surface area contributed by atoms with Gasteiger partial charge in [0.15, 0.2) is 0 Å². The van der Waals surface area contributed by atoms with Crippen LogP contribution in [0.5, 0.6) is 17.2 Å². The highest BCUT2D eigenvalue weighted by Crippen LogP contribution is 2.31. The number of phenols is 2. The van der Waals surface area contributed by atoms with Crippen molar-refractivity contribution in [3.8, 4) is 17.2 Å². The summed E-state index contributed by atoms with van der Waals surface area (Å²) in [5.74, 6) is -0.551. The molecule has 0 aliphatic rings. The van der Waals surface area contributed by atoms with Crippen molar-refractivity contribution in [2.24, 2.45) is 5.73 Å². The van der Waals surface area contributed by atoms with E-state index in [-0.39, 0.29) is 35.2 Å². The van der Waals surface area contributed by atoms with E-state index in [4.69, 9.17) is 5.73 Å². The molecule has 0 unspecified atom stereocenters. The van der Waals surface area contributed by atoms with E-state index in [1.807, 2.05) is 0 Å². The number of benzene rings is 2. The quantitative estimate of drug-likeness (QED) is 0.751. The fourth-order valence-corrected chi connectivity index (χ4v) is 1.85. The normalized spacial score (nSPS) is 12.4. The molecule has 120 valence electrons. The van der Waals surface area contributed by atoms with Crippen LogP contribution in [0.2, 0.25) is 0 Å². The van der Waals surface area contributed by atoms with Gasteiger partial charge in [-0.25, -0.2) is 0 Å². The maximum Gasteiger partial charge on any atom is 0.573 e. The molecule has 2 aromatic carbocycles. The van der Waals surface area contributed by atoms with Crippen LogP contribution in [0.25, 0.3) is 0 Å². The van der Waals surface area contributed by atoms with Gasteiger partial charge in [0.1, 0.15) is 17.2 Å². The number of aromatic hydroxyl groups is 2. The van der Waals surface area contributed by atoms with Crippen molar-refractivity contribution in [2.45, 2.75) is 12.4 Å². The van der Waals surface area contributed by atoms with E-state index in [0.29, 0.717) is 5.56 Å². The summed E-state index contributed by atoms with van der Waals surface area (Å²) in [6.45, 7) is 0. The first-order chi connectivity index (χ1) is 9.76. The summed E-state index contributed by atoms with van der Waals surface area (Å²) < 4.78 is 39.9. The lowest BCUT2D eigenvalue weighted by atomic mass is 9.98. The molecule has 0 fully saturated rings. The number of nitrogens with two attached hydrogens (primary N) is 1. The van der Waals surface area contributed by atoms with Crippen molar-refractivity contribution < 1.29 is 28.1 Å². The molecule has 2 aromatic rings. The van der Waals surface area contributed by atoms with Crippen LogP contribution in [0.15, 0.2) is 42.5 Å². The molecule has 0 heterocycles. The van der Waals surface area contributed by atoms with E-state index in [1.165, 1.54) is 30.3 Å². The minimum Gasteiger partial charge on any atom is -0.508 e. The van der Waals surface area contributed by atoms with Gasteiger partial charge in [0.2, 0.25) is 0 Å². The number of hydrogen-bond acceptors (Lipinski definition) is 4. The van der Waals surface area contributed by atoms with Gasteiger partial charge in [0.05, 0.1) is 6.04 Å². The molecule has 0 amide bonds. The lowest BCUT2D eigenvalue weighted by Crippen LogP contribution is -2.17. The van der Waals surface area contributed by atoms with Crippen LogP contribution in [-0.2, 0) is 0 Å². The Kier molecular flexibility index (Phi) is 5.51. The Hall–Kier alpha value is -2.12. The van der Waals surface area contributed by atoms with Crippen LogP contribution in [0.4, 0.5) is 13.2 Å². The number of alkyl halides is 3. The molecule has 4 nitrogen and oxygen atoms in total. The van der Waals surface area contributed by atoms with Gasteiger partial charge >= 0.3 is 6.36 Å². The Balaban J connectivity index is 0.00000242. The highest BCUT2D eigenvalue weighted by Gasteiger charge is 2.31.